The van der Waals surface area contributed by atoms with Gasteiger partial charge in [0.2, 0.25) is 0 Å². The zero-order chi connectivity index (χ0) is 18.1. The molecular weight excluding hydrogens is 401 g/mol. The monoisotopic (exact) mass is 421 g/mol. The van der Waals surface area contributed by atoms with E-state index in [0.717, 1.165) is 11.3 Å². The Morgan fingerprint density at radius 1 is 1.29 bits per heavy atom. The first-order valence-electron chi connectivity index (χ1n) is 7.54. The molecule has 0 fully saturated rings. The Kier molecular flexibility index (Phi) is 9.14. The van der Waals surface area contributed by atoms with Gasteiger partial charge >= 0.3 is 0 Å². The van der Waals surface area contributed by atoms with Crippen LogP contribution in [0, 0.1) is 0 Å². The van der Waals surface area contributed by atoms with Crippen molar-refractivity contribution in [3.8, 4) is 11.5 Å². The first-order valence-corrected chi connectivity index (χ1v) is 8.71. The van der Waals surface area contributed by atoms with Crippen LogP contribution < -0.4 is 9.47 Å². The van der Waals surface area contributed by atoms with Gasteiger partial charge in [-0.15, -0.1) is 0 Å². The smallest absolute Gasteiger partial charge is 0.165 e. The summed E-state index contributed by atoms with van der Waals surface area (Å²) in [6, 6.07) is 3.50. The molecule has 1 rings (SSSR count). The predicted molar refractivity (Wildman–Crippen MR) is 99.4 cm³/mol. The minimum absolute atomic E-state index is 0.105. The number of nitrogens with zero attached hydrogens (tertiary/aromatic N) is 1. The number of halogens is 3. The Morgan fingerprint density at radius 3 is 2.58 bits per heavy atom. The molecule has 1 aromatic rings. The molecule has 0 amide bonds. The molecule has 134 valence electrons. The minimum Gasteiger partial charge on any atom is -0.489 e. The van der Waals surface area contributed by atoms with E-state index in [1.165, 1.54) is 6.08 Å². The molecule has 0 saturated heterocycles. The predicted octanol–water partition coefficient (Wildman–Crippen LogP) is 5.84. The van der Waals surface area contributed by atoms with E-state index in [4.69, 9.17) is 25.9 Å². The second-order valence-electron chi connectivity index (χ2n) is 5.50. The summed E-state index contributed by atoms with van der Waals surface area (Å²) in [6.07, 6.45) is 1.28. The SMILES string of the molecule is CC(C)=NOCCOc1c(Cl)cc(OC/C=C(\F)Br)cc1C(C)C. The van der Waals surface area contributed by atoms with E-state index < -0.39 is 4.74 Å². The van der Waals surface area contributed by atoms with Crippen molar-refractivity contribution in [3.05, 3.63) is 33.5 Å². The van der Waals surface area contributed by atoms with Crippen molar-refractivity contribution in [1.29, 1.82) is 0 Å². The van der Waals surface area contributed by atoms with E-state index in [1.807, 2.05) is 33.8 Å². The summed E-state index contributed by atoms with van der Waals surface area (Å²) in [4.78, 5) is 5.11. The molecule has 0 heterocycles. The zero-order valence-corrected chi connectivity index (χ0v) is 16.6. The van der Waals surface area contributed by atoms with Gasteiger partial charge in [-0.3, -0.25) is 0 Å². The van der Waals surface area contributed by atoms with Crippen molar-refractivity contribution < 1.29 is 18.7 Å². The summed E-state index contributed by atoms with van der Waals surface area (Å²) in [5.41, 5.74) is 1.75. The fourth-order valence-corrected chi connectivity index (χ4v) is 2.21. The molecule has 0 atom stereocenters. The van der Waals surface area contributed by atoms with E-state index in [-0.39, 0.29) is 12.5 Å². The molecule has 0 aliphatic rings. The lowest BCUT2D eigenvalue weighted by molar-refractivity contribution is 0.106. The van der Waals surface area contributed by atoms with Gasteiger partial charge in [-0.1, -0.05) is 30.6 Å². The maximum atomic E-state index is 12.6. The fraction of sp³-hybridized carbons (Fsp3) is 0.471. The molecular formula is C17H22BrClFNO3. The van der Waals surface area contributed by atoms with E-state index in [0.29, 0.717) is 29.7 Å². The number of hydrogen-bond acceptors (Lipinski definition) is 4. The maximum absolute atomic E-state index is 12.6. The van der Waals surface area contributed by atoms with Gasteiger partial charge in [0, 0.05) is 11.6 Å². The first kappa shape index (κ1) is 20.8. The highest BCUT2D eigenvalue weighted by Crippen LogP contribution is 2.37. The molecule has 0 aliphatic carbocycles. The van der Waals surface area contributed by atoms with Crippen molar-refractivity contribution >= 4 is 33.2 Å². The average Bonchev–Trinajstić information content (AvgIpc) is 2.47. The van der Waals surface area contributed by atoms with Crippen LogP contribution in [0.5, 0.6) is 11.5 Å². The Morgan fingerprint density at radius 2 is 2.00 bits per heavy atom. The molecule has 0 saturated carbocycles. The van der Waals surface area contributed by atoms with E-state index in [9.17, 15) is 4.39 Å². The second kappa shape index (κ2) is 10.6. The Bertz CT molecular complexity index is 598. The van der Waals surface area contributed by atoms with Crippen LogP contribution in [0.25, 0.3) is 0 Å². The van der Waals surface area contributed by atoms with E-state index in [2.05, 4.69) is 21.1 Å². The van der Waals surface area contributed by atoms with Crippen LogP contribution in [0.15, 0.2) is 28.1 Å². The van der Waals surface area contributed by atoms with Crippen molar-refractivity contribution in [1.82, 2.24) is 0 Å². The molecule has 0 N–H and O–H groups in total. The average molecular weight is 423 g/mol. The standard InChI is InChI=1S/C17H22BrClFNO3/c1-11(2)14-9-13(22-6-5-16(18)20)10-15(19)17(14)23-7-8-24-21-12(3)4/h5,9-11H,6-8H2,1-4H3/b16-5-. The third-order valence-electron chi connectivity index (χ3n) is 2.82. The lowest BCUT2D eigenvalue weighted by Crippen LogP contribution is -2.08. The van der Waals surface area contributed by atoms with Crippen LogP contribution in [0.3, 0.4) is 0 Å². The van der Waals surface area contributed by atoms with Gasteiger partial charge in [0.1, 0.15) is 24.7 Å². The summed E-state index contributed by atoms with van der Waals surface area (Å²) in [5, 5.41) is 4.28. The molecule has 0 radical (unpaired) electrons. The van der Waals surface area contributed by atoms with Gasteiger partial charge in [0.05, 0.1) is 10.7 Å². The minimum atomic E-state index is -0.470. The molecule has 0 aliphatic heterocycles. The molecule has 24 heavy (non-hydrogen) atoms. The molecule has 0 aromatic heterocycles. The van der Waals surface area contributed by atoms with Crippen molar-refractivity contribution in [2.75, 3.05) is 19.8 Å². The summed E-state index contributed by atoms with van der Waals surface area (Å²) in [6.45, 7) is 8.52. The highest BCUT2D eigenvalue weighted by molar-refractivity contribution is 9.11. The third-order valence-corrected chi connectivity index (χ3v) is 3.43. The zero-order valence-electron chi connectivity index (χ0n) is 14.2. The van der Waals surface area contributed by atoms with Crippen molar-refractivity contribution in [3.63, 3.8) is 0 Å². The molecule has 0 bridgehead atoms. The van der Waals surface area contributed by atoms with Gasteiger partial charge in [0.25, 0.3) is 0 Å². The van der Waals surface area contributed by atoms with Crippen LogP contribution >= 0.6 is 27.5 Å². The molecule has 0 spiro atoms. The Labute approximate surface area is 155 Å². The maximum Gasteiger partial charge on any atom is 0.165 e. The van der Waals surface area contributed by atoms with Crippen LogP contribution in [0.2, 0.25) is 5.02 Å². The van der Waals surface area contributed by atoms with Crippen molar-refractivity contribution in [2.45, 2.75) is 33.6 Å². The van der Waals surface area contributed by atoms with Crippen molar-refractivity contribution in [2.24, 2.45) is 5.16 Å². The normalized spacial score (nSPS) is 11.4. The van der Waals surface area contributed by atoms with Gasteiger partial charge in [-0.25, -0.2) is 0 Å². The second-order valence-corrected chi connectivity index (χ2v) is 6.67. The van der Waals surface area contributed by atoms with Gasteiger partial charge in [-0.2, -0.15) is 4.39 Å². The number of ether oxygens (including phenoxy) is 2. The summed E-state index contributed by atoms with van der Waals surface area (Å²) in [5.74, 6) is 1.34. The summed E-state index contributed by atoms with van der Waals surface area (Å²) >= 11 is 9.02. The summed E-state index contributed by atoms with van der Waals surface area (Å²) < 4.78 is 23.4. The highest BCUT2D eigenvalue weighted by atomic mass is 79.9. The largest absolute Gasteiger partial charge is 0.489 e. The number of rotatable bonds is 9. The Balaban J connectivity index is 2.80. The number of benzene rings is 1. The lowest BCUT2D eigenvalue weighted by atomic mass is 10.0. The van der Waals surface area contributed by atoms with Gasteiger partial charge < -0.3 is 14.3 Å². The summed E-state index contributed by atoms with van der Waals surface area (Å²) in [7, 11) is 0. The van der Waals surface area contributed by atoms with Crippen LogP contribution in [0.4, 0.5) is 4.39 Å². The first-order chi connectivity index (χ1) is 11.3. The molecule has 7 heteroatoms. The van der Waals surface area contributed by atoms with Crippen LogP contribution in [-0.2, 0) is 4.84 Å². The topological polar surface area (TPSA) is 40.0 Å². The van der Waals surface area contributed by atoms with E-state index >= 15 is 0 Å². The quantitative estimate of drug-likeness (QED) is 0.285. The van der Waals surface area contributed by atoms with Crippen LogP contribution in [-0.4, -0.2) is 25.5 Å². The number of oxime groups is 1. The molecule has 4 nitrogen and oxygen atoms in total. The molecule has 0 unspecified atom stereocenters. The lowest BCUT2D eigenvalue weighted by Gasteiger charge is -2.17. The van der Waals surface area contributed by atoms with Crippen LogP contribution in [0.1, 0.15) is 39.2 Å². The van der Waals surface area contributed by atoms with Gasteiger partial charge in [0.15, 0.2) is 11.3 Å². The van der Waals surface area contributed by atoms with Gasteiger partial charge in [-0.05, 0) is 47.8 Å². The molecule has 1 aromatic carbocycles. The third kappa shape index (κ3) is 7.53. The highest BCUT2D eigenvalue weighted by Gasteiger charge is 2.15. The van der Waals surface area contributed by atoms with E-state index in [1.54, 1.807) is 6.07 Å². The number of hydrogen-bond donors (Lipinski definition) is 0. The fourth-order valence-electron chi connectivity index (χ4n) is 1.81. The Hall–Kier alpha value is -1.27.